The van der Waals surface area contributed by atoms with E-state index >= 15 is 0 Å². The van der Waals surface area contributed by atoms with Gasteiger partial charge >= 0.3 is 0 Å². The van der Waals surface area contributed by atoms with Gasteiger partial charge in [-0.3, -0.25) is 0 Å². The van der Waals surface area contributed by atoms with Gasteiger partial charge in [0.2, 0.25) is 4.96 Å². The Bertz CT molecular complexity index is 701. The van der Waals surface area contributed by atoms with Gasteiger partial charge in [-0.25, -0.2) is 9.50 Å². The molecule has 0 saturated heterocycles. The van der Waals surface area contributed by atoms with Crippen LogP contribution in [-0.2, 0) is 0 Å². The van der Waals surface area contributed by atoms with E-state index in [1.807, 2.05) is 31.3 Å². The minimum absolute atomic E-state index is 0.695. The van der Waals surface area contributed by atoms with Crippen LogP contribution in [0.25, 0.3) is 16.2 Å². The van der Waals surface area contributed by atoms with E-state index in [0.29, 0.717) is 11.5 Å². The Hall–Kier alpha value is -2.08. The number of aryl methyl sites for hydroxylation is 1. The SMILES string of the molecule is COc1ccc(-c2cn3nc(C)sc3n2)cc1OC. The van der Waals surface area contributed by atoms with E-state index in [2.05, 4.69) is 10.1 Å². The number of ether oxygens (including phenoxy) is 2. The molecule has 0 N–H and O–H groups in total. The second-order valence-electron chi connectivity index (χ2n) is 4.04. The summed E-state index contributed by atoms with van der Waals surface area (Å²) < 4.78 is 12.3. The summed E-state index contributed by atoms with van der Waals surface area (Å²) in [5.74, 6) is 1.40. The van der Waals surface area contributed by atoms with Gasteiger partial charge in [0.15, 0.2) is 11.5 Å². The van der Waals surface area contributed by atoms with Crippen molar-refractivity contribution in [1.82, 2.24) is 14.6 Å². The summed E-state index contributed by atoms with van der Waals surface area (Å²) in [6.45, 7) is 1.97. The first-order valence-corrected chi connectivity index (χ1v) is 6.58. The summed E-state index contributed by atoms with van der Waals surface area (Å²) in [6.07, 6.45) is 1.92. The number of methoxy groups -OCH3 is 2. The fourth-order valence-electron chi connectivity index (χ4n) is 1.93. The first-order chi connectivity index (χ1) is 9.21. The molecule has 19 heavy (non-hydrogen) atoms. The van der Waals surface area contributed by atoms with Gasteiger partial charge in [0.05, 0.1) is 26.1 Å². The van der Waals surface area contributed by atoms with E-state index in [0.717, 1.165) is 21.2 Å². The molecule has 0 aliphatic carbocycles. The molecule has 6 heteroatoms. The van der Waals surface area contributed by atoms with Crippen molar-refractivity contribution in [3.63, 3.8) is 0 Å². The molecule has 0 aliphatic heterocycles. The summed E-state index contributed by atoms with van der Waals surface area (Å²) in [6, 6.07) is 5.75. The van der Waals surface area contributed by atoms with Gasteiger partial charge in [-0.05, 0) is 25.1 Å². The minimum Gasteiger partial charge on any atom is -0.493 e. The highest BCUT2D eigenvalue weighted by Gasteiger charge is 2.11. The smallest absolute Gasteiger partial charge is 0.212 e. The second kappa shape index (κ2) is 4.55. The van der Waals surface area contributed by atoms with Crippen molar-refractivity contribution in [1.29, 1.82) is 0 Å². The number of fused-ring (bicyclic) bond motifs is 1. The molecule has 2 aromatic heterocycles. The summed E-state index contributed by atoms with van der Waals surface area (Å²) >= 11 is 1.57. The Labute approximate surface area is 114 Å². The molecule has 0 atom stereocenters. The third-order valence-corrected chi connectivity index (χ3v) is 3.66. The van der Waals surface area contributed by atoms with Gasteiger partial charge in [0.25, 0.3) is 0 Å². The first-order valence-electron chi connectivity index (χ1n) is 5.76. The van der Waals surface area contributed by atoms with E-state index in [1.54, 1.807) is 30.1 Å². The molecule has 2 heterocycles. The fraction of sp³-hybridized carbons (Fsp3) is 0.231. The van der Waals surface area contributed by atoms with Gasteiger partial charge < -0.3 is 9.47 Å². The Kier molecular flexibility index (Phi) is 2.87. The predicted octanol–water partition coefficient (Wildman–Crippen LogP) is 2.78. The lowest BCUT2D eigenvalue weighted by atomic mass is 10.1. The summed E-state index contributed by atoms with van der Waals surface area (Å²) in [5, 5.41) is 5.35. The molecular weight excluding hydrogens is 262 g/mol. The first kappa shape index (κ1) is 12.0. The van der Waals surface area contributed by atoms with Crippen LogP contribution in [0.2, 0.25) is 0 Å². The van der Waals surface area contributed by atoms with Crippen molar-refractivity contribution in [2.24, 2.45) is 0 Å². The highest BCUT2D eigenvalue weighted by molar-refractivity contribution is 7.16. The number of nitrogens with zero attached hydrogens (tertiary/aromatic N) is 3. The van der Waals surface area contributed by atoms with Gasteiger partial charge in [-0.2, -0.15) is 5.10 Å². The standard InChI is InChI=1S/C13H13N3O2S/c1-8-15-16-7-10(14-13(16)19-8)9-4-5-11(17-2)12(6-9)18-3/h4-7H,1-3H3. The van der Waals surface area contributed by atoms with Crippen LogP contribution in [0.3, 0.4) is 0 Å². The molecule has 5 nitrogen and oxygen atoms in total. The zero-order chi connectivity index (χ0) is 13.4. The van der Waals surface area contributed by atoms with E-state index in [9.17, 15) is 0 Å². The third kappa shape index (κ3) is 2.04. The van der Waals surface area contributed by atoms with Crippen molar-refractivity contribution < 1.29 is 9.47 Å². The number of benzene rings is 1. The molecule has 98 valence electrons. The summed E-state index contributed by atoms with van der Waals surface area (Å²) in [4.78, 5) is 5.45. The Morgan fingerprint density at radius 3 is 2.63 bits per heavy atom. The molecule has 0 spiro atoms. The van der Waals surface area contributed by atoms with Crippen LogP contribution < -0.4 is 9.47 Å². The molecule has 0 unspecified atom stereocenters. The number of hydrogen-bond acceptors (Lipinski definition) is 5. The molecule has 1 aromatic carbocycles. The van der Waals surface area contributed by atoms with Crippen LogP contribution in [0.1, 0.15) is 5.01 Å². The maximum absolute atomic E-state index is 5.30. The normalized spacial score (nSPS) is 10.9. The third-order valence-electron chi connectivity index (χ3n) is 2.82. The van der Waals surface area contributed by atoms with E-state index in [1.165, 1.54) is 0 Å². The Balaban J connectivity index is 2.07. The Morgan fingerprint density at radius 2 is 1.95 bits per heavy atom. The van der Waals surface area contributed by atoms with Gasteiger partial charge in [0.1, 0.15) is 5.01 Å². The maximum atomic E-state index is 5.30. The molecular formula is C13H13N3O2S. The molecule has 0 amide bonds. The number of aromatic nitrogens is 3. The molecule has 0 fully saturated rings. The summed E-state index contributed by atoms with van der Waals surface area (Å²) in [5.41, 5.74) is 1.85. The van der Waals surface area contributed by atoms with Crippen molar-refractivity contribution >= 4 is 16.3 Å². The summed E-state index contributed by atoms with van der Waals surface area (Å²) in [7, 11) is 3.25. The largest absolute Gasteiger partial charge is 0.493 e. The van der Waals surface area contributed by atoms with Crippen molar-refractivity contribution in [2.45, 2.75) is 6.92 Å². The van der Waals surface area contributed by atoms with Crippen LogP contribution in [0, 0.1) is 6.92 Å². The van der Waals surface area contributed by atoms with Crippen molar-refractivity contribution in [3.8, 4) is 22.8 Å². The van der Waals surface area contributed by atoms with Crippen molar-refractivity contribution in [3.05, 3.63) is 29.4 Å². The molecule has 0 radical (unpaired) electrons. The highest BCUT2D eigenvalue weighted by Crippen LogP contribution is 2.32. The lowest BCUT2D eigenvalue weighted by molar-refractivity contribution is 0.355. The topological polar surface area (TPSA) is 48.7 Å². The van der Waals surface area contributed by atoms with Gasteiger partial charge in [0, 0.05) is 5.56 Å². The van der Waals surface area contributed by atoms with Gasteiger partial charge in [-0.15, -0.1) is 0 Å². The van der Waals surface area contributed by atoms with Crippen LogP contribution in [0.4, 0.5) is 0 Å². The molecule has 0 aliphatic rings. The van der Waals surface area contributed by atoms with E-state index < -0.39 is 0 Å². The quantitative estimate of drug-likeness (QED) is 0.737. The molecule has 3 aromatic rings. The number of hydrogen-bond donors (Lipinski definition) is 0. The van der Waals surface area contributed by atoms with Crippen LogP contribution >= 0.6 is 11.3 Å². The number of imidazole rings is 1. The average molecular weight is 275 g/mol. The second-order valence-corrected chi connectivity index (χ2v) is 5.20. The van der Waals surface area contributed by atoms with Crippen LogP contribution in [0.15, 0.2) is 24.4 Å². The Morgan fingerprint density at radius 1 is 1.16 bits per heavy atom. The van der Waals surface area contributed by atoms with Gasteiger partial charge in [-0.1, -0.05) is 11.3 Å². The lowest BCUT2D eigenvalue weighted by Gasteiger charge is -2.08. The zero-order valence-corrected chi connectivity index (χ0v) is 11.7. The minimum atomic E-state index is 0.695. The van der Waals surface area contributed by atoms with E-state index in [4.69, 9.17) is 9.47 Å². The lowest BCUT2D eigenvalue weighted by Crippen LogP contribution is -1.90. The highest BCUT2D eigenvalue weighted by atomic mass is 32.1. The fourth-order valence-corrected chi connectivity index (χ4v) is 2.66. The monoisotopic (exact) mass is 275 g/mol. The van der Waals surface area contributed by atoms with Crippen molar-refractivity contribution in [2.75, 3.05) is 14.2 Å². The van der Waals surface area contributed by atoms with Crippen LogP contribution in [-0.4, -0.2) is 28.8 Å². The maximum Gasteiger partial charge on any atom is 0.212 e. The molecule has 3 rings (SSSR count). The predicted molar refractivity (Wildman–Crippen MR) is 74.1 cm³/mol. The van der Waals surface area contributed by atoms with Crippen LogP contribution in [0.5, 0.6) is 11.5 Å². The van der Waals surface area contributed by atoms with E-state index in [-0.39, 0.29) is 0 Å². The zero-order valence-electron chi connectivity index (χ0n) is 10.9. The average Bonchev–Trinajstić information content (AvgIpc) is 2.95. The molecule has 0 saturated carbocycles. The number of rotatable bonds is 3. The molecule has 0 bridgehead atoms.